The molecule has 0 N–H and O–H groups in total. The molecule has 172 valence electrons. The van der Waals surface area contributed by atoms with Crippen molar-refractivity contribution in [2.24, 2.45) is 5.92 Å². The maximum absolute atomic E-state index is 6.92. The van der Waals surface area contributed by atoms with Crippen molar-refractivity contribution in [1.82, 2.24) is 0 Å². The highest BCUT2D eigenvalue weighted by atomic mass is 127. The van der Waals surface area contributed by atoms with Crippen LogP contribution in [0.1, 0.15) is 72.6 Å². The maximum atomic E-state index is 6.92. The zero-order valence-corrected chi connectivity index (χ0v) is 23.2. The number of hydrogen-bond acceptors (Lipinski definition) is 3. The molecule has 0 aromatic carbocycles. The number of hydrogen-bond donors (Lipinski definition) is 0. The minimum absolute atomic E-state index is 0.00202. The molecule has 30 heavy (non-hydrogen) atoms. The van der Waals surface area contributed by atoms with Crippen LogP contribution < -0.4 is 0 Å². The number of rotatable bonds is 9. The van der Waals surface area contributed by atoms with Gasteiger partial charge in [0.2, 0.25) is 0 Å². The van der Waals surface area contributed by atoms with E-state index in [0.29, 0.717) is 5.92 Å². The zero-order chi connectivity index (χ0) is 22.4. The third-order valence-electron chi connectivity index (χ3n) is 6.85. The summed E-state index contributed by atoms with van der Waals surface area (Å²) < 4.78 is 19.5. The van der Waals surface area contributed by atoms with Crippen LogP contribution in [0.25, 0.3) is 0 Å². The van der Waals surface area contributed by atoms with E-state index < -0.39 is 8.32 Å². The molecule has 5 heteroatoms. The van der Waals surface area contributed by atoms with Crippen molar-refractivity contribution < 1.29 is 13.9 Å². The molecule has 2 atom stereocenters. The predicted octanol–water partition coefficient (Wildman–Crippen LogP) is 7.93. The first-order chi connectivity index (χ1) is 14.0. The van der Waals surface area contributed by atoms with E-state index >= 15 is 0 Å². The number of halogens is 1. The summed E-state index contributed by atoms with van der Waals surface area (Å²) >= 11 is 2.51. The molecule has 0 radical (unpaired) electrons. The van der Waals surface area contributed by atoms with Crippen LogP contribution in [0.3, 0.4) is 0 Å². The Bertz CT molecular complexity index is 627. The lowest BCUT2D eigenvalue weighted by Crippen LogP contribution is -2.44. The van der Waals surface area contributed by atoms with E-state index in [0.717, 1.165) is 58.2 Å². The summed E-state index contributed by atoms with van der Waals surface area (Å²) in [6, 6.07) is 0. The van der Waals surface area contributed by atoms with E-state index in [1.165, 1.54) is 14.7 Å². The molecule has 0 bridgehead atoms. The molecule has 0 aromatic rings. The number of allylic oxidation sites excluding steroid dienone is 4. The lowest BCUT2D eigenvalue weighted by molar-refractivity contribution is -0.0475. The second-order valence-corrected chi connectivity index (χ2v) is 16.6. The molecular weight excluding hydrogens is 503 g/mol. The molecule has 0 spiro atoms. The van der Waals surface area contributed by atoms with Gasteiger partial charge in [0.1, 0.15) is 0 Å². The Labute approximate surface area is 200 Å². The molecule has 1 fully saturated rings. The smallest absolute Gasteiger partial charge is 0.192 e. The van der Waals surface area contributed by atoms with Crippen molar-refractivity contribution in [1.29, 1.82) is 0 Å². The summed E-state index contributed by atoms with van der Waals surface area (Å²) in [6.07, 6.45) is 12.5. The van der Waals surface area contributed by atoms with Gasteiger partial charge in [-0.2, -0.15) is 0 Å². The van der Waals surface area contributed by atoms with Gasteiger partial charge in [-0.3, -0.25) is 0 Å². The average molecular weight is 547 g/mol. The summed E-state index contributed by atoms with van der Waals surface area (Å²) in [5, 5.41) is 0.207. The molecule has 0 amide bonds. The van der Waals surface area contributed by atoms with Crippen LogP contribution in [-0.2, 0) is 13.9 Å². The van der Waals surface area contributed by atoms with Crippen LogP contribution in [0.15, 0.2) is 33.5 Å². The first-order valence-electron chi connectivity index (χ1n) is 11.6. The van der Waals surface area contributed by atoms with Gasteiger partial charge >= 0.3 is 0 Å². The molecule has 2 aliphatic rings. The summed E-state index contributed by atoms with van der Waals surface area (Å²) in [7, 11) is -1.85. The van der Waals surface area contributed by atoms with Crippen molar-refractivity contribution in [3.05, 3.63) is 33.5 Å². The van der Waals surface area contributed by atoms with Gasteiger partial charge in [-0.25, -0.2) is 0 Å². The third-order valence-corrected chi connectivity index (χ3v) is 12.3. The van der Waals surface area contributed by atoms with Gasteiger partial charge in [0.05, 0.1) is 19.3 Å². The van der Waals surface area contributed by atoms with E-state index in [1.54, 1.807) is 0 Å². The van der Waals surface area contributed by atoms with Crippen LogP contribution in [0.2, 0.25) is 18.1 Å². The van der Waals surface area contributed by atoms with E-state index in [-0.39, 0.29) is 17.4 Å². The highest BCUT2D eigenvalue weighted by Crippen LogP contribution is 2.39. The van der Waals surface area contributed by atoms with Crippen LogP contribution in [-0.4, -0.2) is 33.9 Å². The normalized spacial score (nSPS) is 23.4. The first-order valence-corrected chi connectivity index (χ1v) is 15.6. The van der Waals surface area contributed by atoms with Crippen molar-refractivity contribution >= 4 is 30.9 Å². The van der Waals surface area contributed by atoms with Gasteiger partial charge in [-0.1, -0.05) is 44.6 Å². The molecular formula is C25H43IO3Si. The summed E-state index contributed by atoms with van der Waals surface area (Å²) in [5.41, 5.74) is 2.90. The van der Waals surface area contributed by atoms with Gasteiger partial charge in [-0.05, 0) is 108 Å². The van der Waals surface area contributed by atoms with E-state index in [9.17, 15) is 0 Å². The Morgan fingerprint density at radius 2 is 1.97 bits per heavy atom. The molecule has 3 nitrogen and oxygen atoms in total. The SMILES string of the molecule is C=C1CCC(C)=CC[C@H]1C[C@H](/C=C(\I)CCCC1OCCO1)O[Si](C)(C)C(C)(C)C. The lowest BCUT2D eigenvalue weighted by atomic mass is 9.90. The molecule has 1 heterocycles. The largest absolute Gasteiger partial charge is 0.411 e. The highest BCUT2D eigenvalue weighted by molar-refractivity contribution is 14.1. The quantitative estimate of drug-likeness (QED) is 0.167. The van der Waals surface area contributed by atoms with Crippen LogP contribution in [0, 0.1) is 5.92 Å². The fourth-order valence-electron chi connectivity index (χ4n) is 3.72. The average Bonchev–Trinajstić information content (AvgIpc) is 3.09. The van der Waals surface area contributed by atoms with Gasteiger partial charge < -0.3 is 13.9 Å². The van der Waals surface area contributed by atoms with Crippen molar-refractivity contribution in [3.8, 4) is 0 Å². The van der Waals surface area contributed by atoms with E-state index in [4.69, 9.17) is 13.9 Å². The molecule has 0 saturated carbocycles. The Morgan fingerprint density at radius 3 is 2.60 bits per heavy atom. The van der Waals surface area contributed by atoms with Crippen molar-refractivity contribution in [2.45, 2.75) is 103 Å². The van der Waals surface area contributed by atoms with Crippen LogP contribution >= 0.6 is 22.6 Å². The second kappa shape index (κ2) is 11.8. The van der Waals surface area contributed by atoms with Crippen molar-refractivity contribution in [2.75, 3.05) is 13.2 Å². The van der Waals surface area contributed by atoms with Crippen LogP contribution in [0.4, 0.5) is 0 Å². The number of ether oxygens (including phenoxy) is 2. The van der Waals surface area contributed by atoms with E-state index in [2.05, 4.69) is 82.1 Å². The lowest BCUT2D eigenvalue weighted by Gasteiger charge is -2.39. The third kappa shape index (κ3) is 8.53. The van der Waals surface area contributed by atoms with Crippen molar-refractivity contribution in [3.63, 3.8) is 0 Å². The van der Waals surface area contributed by atoms with Crippen LogP contribution in [0.5, 0.6) is 0 Å². The first kappa shape index (κ1) is 26.3. The standard InChI is InChI=1S/C25H43IO3Si/c1-19-11-13-20(2)21(14-12-19)17-23(29-30(6,7)25(3,4)5)18-22(26)9-8-10-24-27-15-16-28-24/h12,18,21,23-24H,2,8-11,13-17H2,1,3-7H3/b22-18-/t21-,23+/m0/s1. The van der Waals surface area contributed by atoms with Gasteiger partial charge in [0, 0.05) is 0 Å². The molecule has 0 unspecified atom stereocenters. The second-order valence-electron chi connectivity index (χ2n) is 10.5. The topological polar surface area (TPSA) is 27.7 Å². The Morgan fingerprint density at radius 1 is 1.30 bits per heavy atom. The zero-order valence-electron chi connectivity index (χ0n) is 20.1. The Kier molecular flexibility index (Phi) is 10.3. The molecule has 2 rings (SSSR count). The molecule has 1 aliphatic carbocycles. The Balaban J connectivity index is 2.06. The maximum Gasteiger partial charge on any atom is 0.192 e. The summed E-state index contributed by atoms with van der Waals surface area (Å²) in [5.74, 6) is 0.512. The van der Waals surface area contributed by atoms with E-state index in [1.807, 2.05) is 0 Å². The fourth-order valence-corrected chi connectivity index (χ4v) is 5.78. The monoisotopic (exact) mass is 546 g/mol. The molecule has 1 aliphatic heterocycles. The Hall–Kier alpha value is 0.0469. The summed E-state index contributed by atoms with van der Waals surface area (Å²) in [6.45, 7) is 19.8. The van der Waals surface area contributed by atoms with Gasteiger partial charge in [-0.15, -0.1) is 0 Å². The minimum Gasteiger partial charge on any atom is -0.411 e. The molecule has 1 saturated heterocycles. The minimum atomic E-state index is -1.85. The summed E-state index contributed by atoms with van der Waals surface area (Å²) in [4.78, 5) is 0. The fraction of sp³-hybridized carbons (Fsp3) is 0.760. The molecule has 0 aromatic heterocycles. The predicted molar refractivity (Wildman–Crippen MR) is 139 cm³/mol. The highest BCUT2D eigenvalue weighted by Gasteiger charge is 2.39. The van der Waals surface area contributed by atoms with Gasteiger partial charge in [0.15, 0.2) is 14.6 Å². The van der Waals surface area contributed by atoms with Gasteiger partial charge in [0.25, 0.3) is 0 Å².